The van der Waals surface area contributed by atoms with Crippen LogP contribution < -0.4 is 21.7 Å². The summed E-state index contributed by atoms with van der Waals surface area (Å²) < 4.78 is 0. The number of nitrogens with two attached hydrogens (primary N) is 1. The minimum Gasteiger partial charge on any atom is -0.369 e. The Labute approximate surface area is 235 Å². The molecule has 0 radical (unpaired) electrons. The van der Waals surface area contributed by atoms with Crippen molar-refractivity contribution in [3.05, 3.63) is 41.6 Å². The van der Waals surface area contributed by atoms with Gasteiger partial charge in [-0.15, -0.1) is 11.8 Å². The van der Waals surface area contributed by atoms with Crippen molar-refractivity contribution in [3.8, 4) is 6.07 Å². The molecule has 1 aromatic heterocycles. The number of primary amides is 1. The second-order valence-corrected chi connectivity index (χ2v) is 12.0. The van der Waals surface area contributed by atoms with Gasteiger partial charge in [0.1, 0.15) is 17.5 Å². The lowest BCUT2D eigenvalue weighted by atomic mass is 9.64. The molecule has 2 amide bonds. The Morgan fingerprint density at radius 2 is 1.90 bits per heavy atom. The van der Waals surface area contributed by atoms with Gasteiger partial charge in [0.25, 0.3) is 0 Å². The second kappa shape index (κ2) is 12.9. The van der Waals surface area contributed by atoms with Crippen molar-refractivity contribution in [2.75, 3.05) is 36.5 Å². The standard InChI is InChI=1S/C29H40N8OS/c1-39-25-8-3-2-5-22(25)17-33-29-34-18-23(15-30)27(36-29)32-16-19-13-20-6-4-7-21(14-19)26(20)35-24-9-11-37(12-10-24)28(31)38/h2-3,5,8,18-21,24,26,35H,4,6-7,9-14,16-17H2,1H3,(H2,31,38)(H2,32,33,34,36)/t19?,20-,21+,26?. The summed E-state index contributed by atoms with van der Waals surface area (Å²) in [5.74, 6) is 3.04. The number of hydrogen-bond donors (Lipinski definition) is 4. The van der Waals surface area contributed by atoms with Crippen molar-refractivity contribution in [2.24, 2.45) is 23.5 Å². The van der Waals surface area contributed by atoms with Gasteiger partial charge in [-0.1, -0.05) is 24.6 Å². The van der Waals surface area contributed by atoms with Gasteiger partial charge in [0.15, 0.2) is 0 Å². The topological polar surface area (TPSA) is 132 Å². The molecule has 2 bridgehead atoms. The summed E-state index contributed by atoms with van der Waals surface area (Å²) in [5.41, 5.74) is 7.14. The Morgan fingerprint density at radius 1 is 1.15 bits per heavy atom. The van der Waals surface area contributed by atoms with Crippen LogP contribution in [0.1, 0.15) is 56.1 Å². The number of carbonyl (C=O) groups is 1. The number of rotatable bonds is 9. The molecule has 1 saturated heterocycles. The molecule has 9 nitrogen and oxygen atoms in total. The first-order valence-corrected chi connectivity index (χ1v) is 15.4. The van der Waals surface area contributed by atoms with Crippen molar-refractivity contribution in [1.29, 1.82) is 5.26 Å². The van der Waals surface area contributed by atoms with Crippen molar-refractivity contribution < 1.29 is 4.79 Å². The lowest BCUT2D eigenvalue weighted by Crippen LogP contribution is -2.55. The Kier molecular flexibility index (Phi) is 9.09. The molecule has 2 aliphatic carbocycles. The molecule has 10 heteroatoms. The van der Waals surface area contributed by atoms with Crippen LogP contribution in [-0.2, 0) is 6.54 Å². The third kappa shape index (κ3) is 6.76. The predicted molar refractivity (Wildman–Crippen MR) is 155 cm³/mol. The van der Waals surface area contributed by atoms with Crippen LogP contribution in [0.15, 0.2) is 35.4 Å². The Morgan fingerprint density at radius 3 is 2.59 bits per heavy atom. The van der Waals surface area contributed by atoms with Gasteiger partial charge in [0.2, 0.25) is 5.95 Å². The maximum atomic E-state index is 11.5. The van der Waals surface area contributed by atoms with Crippen molar-refractivity contribution in [1.82, 2.24) is 20.2 Å². The van der Waals surface area contributed by atoms with Gasteiger partial charge < -0.3 is 26.6 Å². The van der Waals surface area contributed by atoms with Crippen molar-refractivity contribution in [2.45, 2.75) is 68.5 Å². The van der Waals surface area contributed by atoms with Gasteiger partial charge in [0, 0.05) is 43.2 Å². The number of anilines is 2. The molecule has 0 spiro atoms. The maximum Gasteiger partial charge on any atom is 0.314 e. The molecule has 4 atom stereocenters. The monoisotopic (exact) mass is 548 g/mol. The van der Waals surface area contributed by atoms with E-state index < -0.39 is 0 Å². The molecular formula is C29H40N8OS. The van der Waals surface area contributed by atoms with Crippen LogP contribution in [0.5, 0.6) is 0 Å². The first kappa shape index (κ1) is 27.5. The van der Waals surface area contributed by atoms with Crippen LogP contribution in [0.25, 0.3) is 0 Å². The molecule has 2 heterocycles. The molecule has 2 saturated carbocycles. The van der Waals surface area contributed by atoms with E-state index in [1.165, 1.54) is 42.6 Å². The van der Waals surface area contributed by atoms with E-state index in [0.29, 0.717) is 53.7 Å². The first-order chi connectivity index (χ1) is 19.0. The molecule has 3 aliphatic rings. The molecule has 39 heavy (non-hydrogen) atoms. The highest BCUT2D eigenvalue weighted by Gasteiger charge is 2.41. The van der Waals surface area contributed by atoms with Crippen LogP contribution in [0.3, 0.4) is 0 Å². The van der Waals surface area contributed by atoms with E-state index in [1.54, 1.807) is 22.9 Å². The minimum atomic E-state index is -0.301. The van der Waals surface area contributed by atoms with E-state index in [4.69, 9.17) is 5.73 Å². The van der Waals surface area contributed by atoms with E-state index in [0.717, 1.165) is 32.5 Å². The fourth-order valence-electron chi connectivity index (χ4n) is 6.79. The van der Waals surface area contributed by atoms with E-state index >= 15 is 0 Å². The quantitative estimate of drug-likeness (QED) is 0.339. The largest absolute Gasteiger partial charge is 0.369 e. The van der Waals surface area contributed by atoms with Crippen LogP contribution in [0.2, 0.25) is 0 Å². The molecule has 1 aromatic carbocycles. The molecule has 5 N–H and O–H groups in total. The Balaban J connectivity index is 1.16. The normalized spacial score (nSPS) is 25.1. The fraction of sp³-hybridized carbons (Fsp3) is 0.586. The summed E-state index contributed by atoms with van der Waals surface area (Å²) in [6, 6.07) is 11.3. The molecule has 2 unspecified atom stereocenters. The summed E-state index contributed by atoms with van der Waals surface area (Å²) in [6.45, 7) is 2.95. The summed E-state index contributed by atoms with van der Waals surface area (Å²) in [6.07, 6.45) is 11.9. The Bertz CT molecular complexity index is 1160. The smallest absolute Gasteiger partial charge is 0.314 e. The third-order valence-corrected chi connectivity index (χ3v) is 9.61. The highest BCUT2D eigenvalue weighted by atomic mass is 32.2. The average molecular weight is 549 g/mol. The average Bonchev–Trinajstić information content (AvgIpc) is 2.95. The van der Waals surface area contributed by atoms with Gasteiger partial charge in [-0.3, -0.25) is 0 Å². The van der Waals surface area contributed by atoms with Crippen molar-refractivity contribution >= 4 is 29.6 Å². The molecule has 5 rings (SSSR count). The molecular weight excluding hydrogens is 508 g/mol. The molecule has 2 aromatic rings. The number of fused-ring (bicyclic) bond motifs is 2. The number of nitrogens with zero attached hydrogens (tertiary/aromatic N) is 4. The summed E-state index contributed by atoms with van der Waals surface area (Å²) in [5, 5.41) is 20.5. The zero-order chi connectivity index (χ0) is 27.2. The van der Waals surface area contributed by atoms with Crippen LogP contribution >= 0.6 is 11.8 Å². The summed E-state index contributed by atoms with van der Waals surface area (Å²) >= 11 is 1.72. The van der Waals surface area contributed by atoms with E-state index in [-0.39, 0.29) is 6.03 Å². The second-order valence-electron chi connectivity index (χ2n) is 11.2. The van der Waals surface area contributed by atoms with Gasteiger partial charge in [-0.25, -0.2) is 9.78 Å². The minimum absolute atomic E-state index is 0.301. The molecule has 208 valence electrons. The SMILES string of the molecule is CSc1ccccc1CNc1ncc(C#N)c(NCC2C[C@H]3CCC[C@@H](C2)C3NC2CCN(C(N)=O)CC2)n1. The van der Waals surface area contributed by atoms with Gasteiger partial charge in [0.05, 0.1) is 6.20 Å². The maximum absolute atomic E-state index is 11.5. The van der Waals surface area contributed by atoms with Gasteiger partial charge in [-0.2, -0.15) is 10.2 Å². The Hall–Kier alpha value is -3.03. The molecule has 3 fully saturated rings. The third-order valence-electron chi connectivity index (χ3n) is 8.77. The summed E-state index contributed by atoms with van der Waals surface area (Å²) in [7, 11) is 0. The number of thioether (sulfide) groups is 1. The van der Waals surface area contributed by atoms with E-state index in [2.05, 4.69) is 50.4 Å². The lowest BCUT2D eigenvalue weighted by molar-refractivity contribution is 0.0720. The highest BCUT2D eigenvalue weighted by molar-refractivity contribution is 7.98. The zero-order valence-corrected chi connectivity index (χ0v) is 23.6. The number of hydrogen-bond acceptors (Lipinski definition) is 8. The van der Waals surface area contributed by atoms with Crippen LogP contribution in [-0.4, -0.2) is 58.9 Å². The number of benzene rings is 1. The lowest BCUT2D eigenvalue weighted by Gasteiger charge is -2.48. The van der Waals surface area contributed by atoms with E-state index in [1.807, 2.05) is 12.1 Å². The van der Waals surface area contributed by atoms with Gasteiger partial charge >= 0.3 is 6.03 Å². The number of likely N-dealkylation sites (tertiary alicyclic amines) is 1. The first-order valence-electron chi connectivity index (χ1n) is 14.2. The predicted octanol–water partition coefficient (Wildman–Crippen LogP) is 4.42. The number of piperidine rings is 1. The number of nitrogens with one attached hydrogen (secondary N) is 3. The van der Waals surface area contributed by atoms with E-state index in [9.17, 15) is 10.1 Å². The number of nitriles is 1. The number of amides is 2. The van der Waals surface area contributed by atoms with Crippen LogP contribution in [0.4, 0.5) is 16.6 Å². The highest BCUT2D eigenvalue weighted by Crippen LogP contribution is 2.43. The molecule has 1 aliphatic heterocycles. The zero-order valence-electron chi connectivity index (χ0n) is 22.7. The summed E-state index contributed by atoms with van der Waals surface area (Å²) in [4.78, 5) is 23.5. The fourth-order valence-corrected chi connectivity index (χ4v) is 7.41. The number of urea groups is 1. The van der Waals surface area contributed by atoms with Gasteiger partial charge in [-0.05, 0) is 74.2 Å². The number of carbonyl (C=O) groups excluding carboxylic acids is 1. The number of aromatic nitrogens is 2. The van der Waals surface area contributed by atoms with Crippen LogP contribution in [0, 0.1) is 29.1 Å². The van der Waals surface area contributed by atoms with Crippen molar-refractivity contribution in [3.63, 3.8) is 0 Å².